The van der Waals surface area contributed by atoms with Gasteiger partial charge in [0.2, 0.25) is 5.95 Å². The maximum atomic E-state index is 13.7. The Labute approximate surface area is 219 Å². The molecule has 2 heterocycles. The van der Waals surface area contributed by atoms with E-state index in [-0.39, 0.29) is 5.91 Å². The van der Waals surface area contributed by atoms with Crippen LogP contribution in [0.2, 0.25) is 0 Å². The highest BCUT2D eigenvalue weighted by Gasteiger charge is 2.35. The van der Waals surface area contributed by atoms with Crippen LogP contribution in [-0.4, -0.2) is 39.8 Å². The molecule has 0 aliphatic carbocycles. The second kappa shape index (κ2) is 11.1. The zero-order valence-corrected chi connectivity index (χ0v) is 22.8. The maximum Gasteiger partial charge on any atom is 0.255 e. The minimum absolute atomic E-state index is 0.241. The first kappa shape index (κ1) is 25.7. The van der Waals surface area contributed by atoms with Crippen LogP contribution in [0.25, 0.3) is 0 Å². The summed E-state index contributed by atoms with van der Waals surface area (Å²) in [5.74, 6) is 1.41. The number of hydrogen-bond donors (Lipinski definition) is 2. The molecule has 3 aromatic rings. The number of unbranched alkanes of at least 4 members (excludes halogenated alkanes) is 2. The Morgan fingerprint density at radius 2 is 2.03 bits per heavy atom. The Hall–Kier alpha value is -3.40. The molecule has 0 saturated carbocycles. The number of anilines is 2. The van der Waals surface area contributed by atoms with Crippen LogP contribution < -0.4 is 20.1 Å². The van der Waals surface area contributed by atoms with Gasteiger partial charge >= 0.3 is 0 Å². The predicted molar refractivity (Wildman–Crippen MR) is 143 cm³/mol. The minimum atomic E-state index is -0.583. The topological polar surface area (TPSA) is 103 Å². The highest BCUT2D eigenvalue weighted by atomic mass is 79.9. The van der Waals surface area contributed by atoms with Gasteiger partial charge in [0.05, 0.1) is 23.8 Å². The van der Waals surface area contributed by atoms with Crippen molar-refractivity contribution in [3.8, 4) is 11.5 Å². The fourth-order valence-corrected chi connectivity index (χ4v) is 4.83. The summed E-state index contributed by atoms with van der Waals surface area (Å²) in [6.07, 6.45) is 3.17. The van der Waals surface area contributed by atoms with Gasteiger partial charge in [-0.3, -0.25) is 4.79 Å². The molecule has 1 atom stereocenters. The van der Waals surface area contributed by atoms with Gasteiger partial charge in [0.1, 0.15) is 6.04 Å². The van der Waals surface area contributed by atoms with E-state index in [1.54, 1.807) is 11.8 Å². The fraction of sp³-hybridized carbons (Fsp3) is 0.385. The number of carbonyl (C=O) groups excluding carboxylic acids is 1. The molecule has 0 radical (unpaired) electrons. The third-order valence-corrected chi connectivity index (χ3v) is 6.96. The number of aryl methyl sites for hydroxylation is 1. The van der Waals surface area contributed by atoms with Gasteiger partial charge in [-0.05, 0) is 88.4 Å². The lowest BCUT2D eigenvalue weighted by molar-refractivity contribution is -0.113. The molecule has 10 heteroatoms. The van der Waals surface area contributed by atoms with E-state index in [0.29, 0.717) is 35.3 Å². The van der Waals surface area contributed by atoms with Crippen molar-refractivity contribution in [2.24, 2.45) is 0 Å². The normalized spacial score (nSPS) is 14.8. The average Bonchev–Trinajstić information content (AvgIpc) is 3.32. The van der Waals surface area contributed by atoms with Crippen molar-refractivity contribution in [1.82, 2.24) is 20.2 Å². The third-order valence-electron chi connectivity index (χ3n) is 6.37. The Morgan fingerprint density at radius 3 is 2.78 bits per heavy atom. The number of methoxy groups -OCH3 is 1. The average molecular weight is 555 g/mol. The molecule has 1 unspecified atom stereocenters. The summed E-state index contributed by atoms with van der Waals surface area (Å²) in [5, 5.41) is 18.3. The summed E-state index contributed by atoms with van der Waals surface area (Å²) in [6.45, 7) is 8.60. The molecule has 0 bridgehead atoms. The van der Waals surface area contributed by atoms with Crippen LogP contribution in [0, 0.1) is 13.8 Å². The first-order chi connectivity index (χ1) is 17.3. The molecule has 1 aliphatic rings. The second-order valence-electron chi connectivity index (χ2n) is 8.80. The molecule has 0 saturated heterocycles. The van der Waals surface area contributed by atoms with Gasteiger partial charge in [0.15, 0.2) is 11.5 Å². The minimum Gasteiger partial charge on any atom is -0.493 e. The molecule has 190 valence electrons. The number of allylic oxidation sites excluding steroid dienone is 1. The molecule has 1 aromatic heterocycles. The van der Waals surface area contributed by atoms with Crippen molar-refractivity contribution in [3.05, 3.63) is 62.8 Å². The predicted octanol–water partition coefficient (Wildman–Crippen LogP) is 5.56. The first-order valence-electron chi connectivity index (χ1n) is 12.0. The lowest BCUT2D eigenvalue weighted by atomic mass is 9.94. The molecule has 0 spiro atoms. The molecule has 36 heavy (non-hydrogen) atoms. The number of rotatable bonds is 9. The van der Waals surface area contributed by atoms with Crippen LogP contribution in [0.3, 0.4) is 0 Å². The van der Waals surface area contributed by atoms with E-state index in [1.165, 1.54) is 0 Å². The SMILES string of the molecule is CCCCCOc1c(Br)cc(C2C(C(=O)Nc3cccc(C)c3C)=C(C)Nc3nnnn32)cc1OC. The molecule has 9 nitrogen and oxygen atoms in total. The number of ether oxygens (including phenoxy) is 2. The quantitative estimate of drug-likeness (QED) is 0.334. The van der Waals surface area contributed by atoms with Crippen molar-refractivity contribution in [2.45, 2.75) is 53.0 Å². The number of nitrogens with zero attached hydrogens (tertiary/aromatic N) is 4. The Kier molecular flexibility index (Phi) is 7.93. The van der Waals surface area contributed by atoms with E-state index in [4.69, 9.17) is 9.47 Å². The summed E-state index contributed by atoms with van der Waals surface area (Å²) >= 11 is 3.65. The molecule has 0 fully saturated rings. The van der Waals surface area contributed by atoms with E-state index >= 15 is 0 Å². The number of hydrogen-bond acceptors (Lipinski definition) is 7. The molecular formula is C26H31BrN6O3. The molecule has 1 aliphatic heterocycles. The number of amides is 1. The van der Waals surface area contributed by atoms with Gasteiger partial charge in [-0.25, -0.2) is 0 Å². The van der Waals surface area contributed by atoms with E-state index < -0.39 is 6.04 Å². The van der Waals surface area contributed by atoms with E-state index in [2.05, 4.69) is 49.0 Å². The van der Waals surface area contributed by atoms with Crippen LogP contribution in [0.15, 0.2) is 46.1 Å². The van der Waals surface area contributed by atoms with Crippen molar-refractivity contribution in [3.63, 3.8) is 0 Å². The van der Waals surface area contributed by atoms with Crippen LogP contribution in [0.5, 0.6) is 11.5 Å². The number of tetrazole rings is 1. The maximum absolute atomic E-state index is 13.7. The van der Waals surface area contributed by atoms with Gasteiger partial charge in [-0.2, -0.15) is 4.68 Å². The van der Waals surface area contributed by atoms with Crippen molar-refractivity contribution < 1.29 is 14.3 Å². The standard InChI is InChI=1S/C26H31BrN6O3/c1-6-7-8-12-36-24-19(27)13-18(14-21(24)35-5)23-22(17(4)28-26-30-31-32-33(23)26)25(34)29-20-11-9-10-15(2)16(20)3/h9-11,13-14,23H,6-8,12H2,1-5H3,(H,29,34)(H,28,30,32). The Bertz CT molecular complexity index is 1300. The summed E-state index contributed by atoms with van der Waals surface area (Å²) < 4.78 is 14.1. The van der Waals surface area contributed by atoms with Gasteiger partial charge in [0, 0.05) is 11.4 Å². The number of fused-ring (bicyclic) bond motifs is 1. The smallest absolute Gasteiger partial charge is 0.255 e. The molecule has 2 aromatic carbocycles. The lowest BCUT2D eigenvalue weighted by Crippen LogP contribution is -2.31. The first-order valence-corrected chi connectivity index (χ1v) is 12.8. The van der Waals surface area contributed by atoms with Crippen LogP contribution >= 0.6 is 15.9 Å². The van der Waals surface area contributed by atoms with E-state index in [9.17, 15) is 4.79 Å². The van der Waals surface area contributed by atoms with Crippen LogP contribution in [0.1, 0.15) is 55.8 Å². The zero-order chi connectivity index (χ0) is 25.8. The lowest BCUT2D eigenvalue weighted by Gasteiger charge is -2.29. The molecule has 4 rings (SSSR count). The summed E-state index contributed by atoms with van der Waals surface area (Å²) in [5.41, 5.74) is 4.82. The summed E-state index contributed by atoms with van der Waals surface area (Å²) in [4.78, 5) is 13.7. The van der Waals surface area contributed by atoms with Gasteiger partial charge in [0.25, 0.3) is 5.91 Å². The fourth-order valence-electron chi connectivity index (χ4n) is 4.25. The van der Waals surface area contributed by atoms with E-state index in [1.807, 2.05) is 51.1 Å². The number of benzene rings is 2. The molecular weight excluding hydrogens is 524 g/mol. The van der Waals surface area contributed by atoms with Gasteiger partial charge in [-0.15, -0.1) is 0 Å². The Balaban J connectivity index is 1.74. The number of nitrogens with one attached hydrogen (secondary N) is 2. The van der Waals surface area contributed by atoms with Gasteiger partial charge in [-0.1, -0.05) is 37.0 Å². The molecule has 2 N–H and O–H groups in total. The summed E-state index contributed by atoms with van der Waals surface area (Å²) in [6, 6.07) is 9.06. The van der Waals surface area contributed by atoms with E-state index in [0.717, 1.165) is 46.1 Å². The van der Waals surface area contributed by atoms with Crippen molar-refractivity contribution in [1.29, 1.82) is 0 Å². The summed E-state index contributed by atoms with van der Waals surface area (Å²) in [7, 11) is 1.60. The second-order valence-corrected chi connectivity index (χ2v) is 9.66. The Morgan fingerprint density at radius 1 is 1.22 bits per heavy atom. The van der Waals surface area contributed by atoms with Crippen LogP contribution in [0.4, 0.5) is 11.6 Å². The largest absolute Gasteiger partial charge is 0.493 e. The third kappa shape index (κ3) is 5.09. The number of carbonyl (C=O) groups is 1. The highest BCUT2D eigenvalue weighted by molar-refractivity contribution is 9.10. The monoisotopic (exact) mass is 554 g/mol. The van der Waals surface area contributed by atoms with Crippen LogP contribution in [-0.2, 0) is 4.79 Å². The van der Waals surface area contributed by atoms with Gasteiger partial charge < -0.3 is 20.1 Å². The van der Waals surface area contributed by atoms with Crippen molar-refractivity contribution >= 4 is 33.5 Å². The molecule has 1 amide bonds. The number of aromatic nitrogens is 4. The zero-order valence-electron chi connectivity index (χ0n) is 21.2. The van der Waals surface area contributed by atoms with Crippen molar-refractivity contribution in [2.75, 3.05) is 24.4 Å². The number of halogens is 1. The highest BCUT2D eigenvalue weighted by Crippen LogP contribution is 2.42.